The molecule has 0 radical (unpaired) electrons. The smallest absolute Gasteiger partial charge is 0.329 e. The van der Waals surface area contributed by atoms with Gasteiger partial charge in [-0.15, -0.1) is 0 Å². The first-order chi connectivity index (χ1) is 9.37. The van der Waals surface area contributed by atoms with Gasteiger partial charge in [-0.25, -0.2) is 9.59 Å². The first-order valence-electron chi connectivity index (χ1n) is 6.99. The van der Waals surface area contributed by atoms with Gasteiger partial charge in [0.2, 0.25) is 0 Å². The molecule has 1 aliphatic heterocycles. The summed E-state index contributed by atoms with van der Waals surface area (Å²) in [6.07, 6.45) is 0.327. The van der Waals surface area contributed by atoms with Gasteiger partial charge in [0.25, 0.3) is 0 Å². The number of rotatable bonds is 6. The quantitative estimate of drug-likeness (QED) is 0.652. The highest BCUT2D eigenvalue weighted by Crippen LogP contribution is 2.09. The zero-order valence-electron chi connectivity index (χ0n) is 12.4. The number of amides is 2. The number of morpholine rings is 1. The largest absolute Gasteiger partial charge is 0.480 e. The lowest BCUT2D eigenvalue weighted by Crippen LogP contribution is -2.57. The lowest BCUT2D eigenvalue weighted by Gasteiger charge is -2.30. The predicted octanol–water partition coefficient (Wildman–Crippen LogP) is 0.260. The molecule has 2 atom stereocenters. The average molecular weight is 287 g/mol. The van der Waals surface area contributed by atoms with Gasteiger partial charge in [-0.2, -0.15) is 0 Å². The molecule has 0 aromatic heterocycles. The molecule has 3 N–H and O–H groups in total. The number of nitrogens with one attached hydrogen (secondary N) is 2. The third-order valence-electron chi connectivity index (χ3n) is 3.58. The third kappa shape index (κ3) is 4.97. The molecule has 1 saturated heterocycles. The van der Waals surface area contributed by atoms with Crippen molar-refractivity contribution < 1.29 is 19.4 Å². The van der Waals surface area contributed by atoms with Crippen molar-refractivity contribution in [1.29, 1.82) is 0 Å². The molecule has 0 saturated carbocycles. The molecule has 2 unspecified atom stereocenters. The molecule has 0 aromatic carbocycles. The number of nitrogens with zero attached hydrogens (tertiary/aromatic N) is 1. The van der Waals surface area contributed by atoms with E-state index in [-0.39, 0.29) is 6.04 Å². The summed E-state index contributed by atoms with van der Waals surface area (Å²) in [5.74, 6) is -1.03. The van der Waals surface area contributed by atoms with Gasteiger partial charge >= 0.3 is 12.0 Å². The van der Waals surface area contributed by atoms with Crippen molar-refractivity contribution in [1.82, 2.24) is 15.5 Å². The minimum atomic E-state index is -1.23. The fraction of sp³-hybridized carbons (Fsp3) is 0.846. The third-order valence-corrected chi connectivity index (χ3v) is 3.58. The SMILES string of the molecule is CCC(C)(NC(=O)NC(C)CN1CCOCC1)C(=O)O. The van der Waals surface area contributed by atoms with Crippen molar-refractivity contribution in [2.45, 2.75) is 38.8 Å². The minimum absolute atomic E-state index is 0.0528. The Morgan fingerprint density at radius 3 is 2.50 bits per heavy atom. The molecule has 1 fully saturated rings. The van der Waals surface area contributed by atoms with Crippen LogP contribution in [0.4, 0.5) is 4.79 Å². The second kappa shape index (κ2) is 7.44. The van der Waals surface area contributed by atoms with E-state index in [9.17, 15) is 9.59 Å². The van der Waals surface area contributed by atoms with Gasteiger partial charge in [-0.3, -0.25) is 4.90 Å². The lowest BCUT2D eigenvalue weighted by atomic mass is 10.00. The number of aliphatic carboxylic acids is 1. The van der Waals surface area contributed by atoms with Crippen LogP contribution in [0.15, 0.2) is 0 Å². The summed E-state index contributed by atoms with van der Waals surface area (Å²) in [6.45, 7) is 9.00. The van der Waals surface area contributed by atoms with Crippen LogP contribution < -0.4 is 10.6 Å². The molecule has 0 spiro atoms. The highest BCUT2D eigenvalue weighted by Gasteiger charge is 2.33. The van der Waals surface area contributed by atoms with E-state index in [4.69, 9.17) is 9.84 Å². The van der Waals surface area contributed by atoms with E-state index in [1.807, 2.05) is 6.92 Å². The number of hydrogen-bond acceptors (Lipinski definition) is 4. The van der Waals surface area contributed by atoms with Crippen molar-refractivity contribution in [2.75, 3.05) is 32.8 Å². The lowest BCUT2D eigenvalue weighted by molar-refractivity contribution is -0.143. The molecule has 1 rings (SSSR count). The van der Waals surface area contributed by atoms with Gasteiger partial charge in [-0.1, -0.05) is 6.92 Å². The monoisotopic (exact) mass is 287 g/mol. The first-order valence-corrected chi connectivity index (χ1v) is 6.99. The summed E-state index contributed by atoms with van der Waals surface area (Å²) in [5.41, 5.74) is -1.23. The number of ether oxygens (including phenoxy) is 1. The number of carboxylic acids is 1. The molecule has 20 heavy (non-hydrogen) atoms. The summed E-state index contributed by atoms with van der Waals surface area (Å²) >= 11 is 0. The van der Waals surface area contributed by atoms with Crippen LogP contribution in [-0.4, -0.2) is 66.4 Å². The maximum Gasteiger partial charge on any atom is 0.329 e. The van der Waals surface area contributed by atoms with Crippen molar-refractivity contribution in [3.8, 4) is 0 Å². The fourth-order valence-corrected chi connectivity index (χ4v) is 2.02. The van der Waals surface area contributed by atoms with E-state index in [0.717, 1.165) is 19.6 Å². The zero-order chi connectivity index (χ0) is 15.2. The van der Waals surface area contributed by atoms with Gasteiger partial charge in [0.15, 0.2) is 0 Å². The Morgan fingerprint density at radius 1 is 1.40 bits per heavy atom. The van der Waals surface area contributed by atoms with Crippen LogP contribution in [0.5, 0.6) is 0 Å². The van der Waals surface area contributed by atoms with Crippen LogP contribution in [0.3, 0.4) is 0 Å². The maximum absolute atomic E-state index is 11.8. The standard InChI is InChI=1S/C13H25N3O4/c1-4-13(3,11(17)18)15-12(19)14-10(2)9-16-5-7-20-8-6-16/h10H,4-9H2,1-3H3,(H,17,18)(H2,14,15,19). The number of carbonyl (C=O) groups is 2. The molecule has 2 amide bonds. The minimum Gasteiger partial charge on any atom is -0.480 e. The summed E-state index contributed by atoms with van der Waals surface area (Å²) in [5, 5.41) is 14.4. The van der Waals surface area contributed by atoms with Crippen molar-refractivity contribution in [3.05, 3.63) is 0 Å². The Bertz CT molecular complexity index is 345. The van der Waals surface area contributed by atoms with Crippen LogP contribution in [0.2, 0.25) is 0 Å². The van der Waals surface area contributed by atoms with Gasteiger partial charge in [0.1, 0.15) is 5.54 Å². The van der Waals surface area contributed by atoms with E-state index in [0.29, 0.717) is 19.6 Å². The number of hydrogen-bond donors (Lipinski definition) is 3. The molecule has 0 aromatic rings. The second-order valence-electron chi connectivity index (χ2n) is 5.40. The van der Waals surface area contributed by atoms with Crippen LogP contribution in [0.1, 0.15) is 27.2 Å². The summed E-state index contributed by atoms with van der Waals surface area (Å²) < 4.78 is 5.26. The maximum atomic E-state index is 11.8. The summed E-state index contributed by atoms with van der Waals surface area (Å²) in [6, 6.07) is -0.500. The predicted molar refractivity (Wildman–Crippen MR) is 74.7 cm³/mol. The van der Waals surface area contributed by atoms with Gasteiger partial charge < -0.3 is 20.5 Å². The molecule has 0 aliphatic carbocycles. The van der Waals surface area contributed by atoms with Gasteiger partial charge in [0, 0.05) is 25.7 Å². The Hall–Kier alpha value is -1.34. The van der Waals surface area contributed by atoms with E-state index in [2.05, 4.69) is 15.5 Å². The first kappa shape index (κ1) is 16.7. The highest BCUT2D eigenvalue weighted by molar-refractivity contribution is 5.85. The summed E-state index contributed by atoms with van der Waals surface area (Å²) in [7, 11) is 0. The molecule has 1 heterocycles. The fourth-order valence-electron chi connectivity index (χ4n) is 2.02. The normalized spacial score (nSPS) is 20.8. The van der Waals surface area contributed by atoms with Crippen LogP contribution >= 0.6 is 0 Å². The molecular weight excluding hydrogens is 262 g/mol. The molecule has 0 bridgehead atoms. The van der Waals surface area contributed by atoms with E-state index < -0.39 is 17.5 Å². The Morgan fingerprint density at radius 2 is 2.00 bits per heavy atom. The van der Waals surface area contributed by atoms with Gasteiger partial charge in [-0.05, 0) is 20.3 Å². The summed E-state index contributed by atoms with van der Waals surface area (Å²) in [4.78, 5) is 25.2. The topological polar surface area (TPSA) is 90.9 Å². The number of carbonyl (C=O) groups excluding carboxylic acids is 1. The Labute approximate surface area is 119 Å². The Kier molecular flexibility index (Phi) is 6.22. The van der Waals surface area contributed by atoms with Crippen LogP contribution in [0, 0.1) is 0 Å². The second-order valence-corrected chi connectivity index (χ2v) is 5.40. The number of carboxylic acid groups (broad SMARTS) is 1. The molecule has 1 aliphatic rings. The highest BCUT2D eigenvalue weighted by atomic mass is 16.5. The zero-order valence-corrected chi connectivity index (χ0v) is 12.4. The van der Waals surface area contributed by atoms with Gasteiger partial charge in [0.05, 0.1) is 13.2 Å². The van der Waals surface area contributed by atoms with E-state index in [1.54, 1.807) is 6.92 Å². The molecule has 7 heteroatoms. The van der Waals surface area contributed by atoms with E-state index >= 15 is 0 Å². The molecular formula is C13H25N3O4. The van der Waals surface area contributed by atoms with Crippen LogP contribution in [0.25, 0.3) is 0 Å². The van der Waals surface area contributed by atoms with Crippen molar-refractivity contribution in [2.24, 2.45) is 0 Å². The average Bonchev–Trinajstić information content (AvgIpc) is 2.39. The van der Waals surface area contributed by atoms with E-state index in [1.165, 1.54) is 6.92 Å². The van der Waals surface area contributed by atoms with Crippen molar-refractivity contribution >= 4 is 12.0 Å². The molecule has 116 valence electrons. The Balaban J connectivity index is 2.38. The molecule has 7 nitrogen and oxygen atoms in total. The van der Waals surface area contributed by atoms with Crippen molar-refractivity contribution in [3.63, 3.8) is 0 Å². The van der Waals surface area contributed by atoms with Crippen LogP contribution in [-0.2, 0) is 9.53 Å². The number of urea groups is 1.